The lowest BCUT2D eigenvalue weighted by Gasteiger charge is -2.14. The van der Waals surface area contributed by atoms with Crippen LogP contribution in [0.25, 0.3) is 33.8 Å². The van der Waals surface area contributed by atoms with E-state index in [-0.39, 0.29) is 47.6 Å². The lowest BCUT2D eigenvalue weighted by Crippen LogP contribution is -2.18. The summed E-state index contributed by atoms with van der Waals surface area (Å²) in [7, 11) is 1.55. The number of pyridine rings is 2. The lowest BCUT2D eigenvalue weighted by molar-refractivity contribution is -0.132. The molecule has 0 aliphatic rings. The fourth-order valence-corrected chi connectivity index (χ4v) is 7.21. The highest BCUT2D eigenvalue weighted by Crippen LogP contribution is 2.35. The largest absolute Gasteiger partial charge is 0.478 e. The van der Waals surface area contributed by atoms with Crippen LogP contribution in [0.4, 0.5) is 46.5 Å². The van der Waals surface area contributed by atoms with Gasteiger partial charge in [-0.05, 0) is 73.5 Å². The number of nitrogens with one attached hydrogen (secondary N) is 3. The second kappa shape index (κ2) is 20.4. The molecule has 358 valence electrons. The van der Waals surface area contributed by atoms with Gasteiger partial charge in [0.25, 0.3) is 5.91 Å². The van der Waals surface area contributed by atoms with E-state index in [0.717, 1.165) is 11.1 Å². The average Bonchev–Trinajstić information content (AvgIpc) is 3.90. The Morgan fingerprint density at radius 1 is 0.609 bits per heavy atom. The van der Waals surface area contributed by atoms with Crippen LogP contribution in [-0.4, -0.2) is 68.2 Å². The number of hydrogen-bond donors (Lipinski definition) is 4. The minimum atomic E-state index is -4.33. The summed E-state index contributed by atoms with van der Waals surface area (Å²) in [5, 5.41) is 17.4. The number of aryl methyl sites for hydroxylation is 2. The number of carboxylic acids is 1. The van der Waals surface area contributed by atoms with Crippen LogP contribution in [0.5, 0.6) is 23.0 Å². The first-order valence-corrected chi connectivity index (χ1v) is 20.9. The van der Waals surface area contributed by atoms with Gasteiger partial charge in [0, 0.05) is 61.1 Å². The molecule has 0 radical (unpaired) electrons. The number of aromatic carboxylic acids is 1. The molecule has 0 unspecified atom stereocenters. The van der Waals surface area contributed by atoms with Crippen LogP contribution in [-0.2, 0) is 0 Å². The van der Waals surface area contributed by atoms with Crippen molar-refractivity contribution in [3.05, 3.63) is 156 Å². The second-order valence-electron chi connectivity index (χ2n) is 15.5. The molecule has 0 saturated carbocycles. The number of alkyl halides is 6. The molecule has 4 heterocycles. The Hall–Kier alpha value is -8.16. The Balaban J connectivity index is 0.000000204. The summed E-state index contributed by atoms with van der Waals surface area (Å²) in [5.41, 5.74) is 5.92. The molecule has 69 heavy (non-hydrogen) atoms. The first-order chi connectivity index (χ1) is 32.7. The third kappa shape index (κ3) is 12.2. The zero-order chi connectivity index (χ0) is 49.6. The minimum absolute atomic E-state index is 0.155. The van der Waals surface area contributed by atoms with Crippen molar-refractivity contribution < 1.29 is 59.3 Å². The number of amides is 1. The van der Waals surface area contributed by atoms with Crippen molar-refractivity contribution in [3.63, 3.8) is 0 Å². The van der Waals surface area contributed by atoms with E-state index < -0.39 is 42.8 Å². The van der Waals surface area contributed by atoms with Crippen molar-refractivity contribution in [2.75, 3.05) is 30.8 Å². The van der Waals surface area contributed by atoms with Crippen LogP contribution in [0.2, 0.25) is 0 Å². The molecule has 0 aliphatic heterocycles. The summed E-state index contributed by atoms with van der Waals surface area (Å²) >= 11 is 0. The molecule has 0 saturated heterocycles. The molecule has 0 aliphatic carbocycles. The molecule has 0 bridgehead atoms. The van der Waals surface area contributed by atoms with Crippen molar-refractivity contribution in [2.24, 2.45) is 0 Å². The number of imidazole rings is 2. The quantitative estimate of drug-likeness (QED) is 0.0783. The van der Waals surface area contributed by atoms with E-state index in [1.165, 1.54) is 60.8 Å². The number of ether oxygens (including phenoxy) is 2. The first kappa shape index (κ1) is 48.8. The van der Waals surface area contributed by atoms with Gasteiger partial charge in [-0.25, -0.2) is 23.5 Å². The molecule has 4 aromatic heterocycles. The monoisotopic (exact) mass is 959 g/mol. The van der Waals surface area contributed by atoms with Gasteiger partial charge in [-0.2, -0.15) is 26.3 Å². The average molecular weight is 960 g/mol. The summed E-state index contributed by atoms with van der Waals surface area (Å²) < 4.78 is 118. The Bertz CT molecular complexity index is 3170. The van der Waals surface area contributed by atoms with E-state index in [0.29, 0.717) is 50.7 Å². The molecule has 0 atom stereocenters. The first-order valence-electron chi connectivity index (χ1n) is 20.9. The summed E-state index contributed by atoms with van der Waals surface area (Å²) in [6, 6.07) is 24.1. The number of benzene rings is 4. The molecule has 12 nitrogen and oxygen atoms in total. The van der Waals surface area contributed by atoms with Crippen LogP contribution in [0.1, 0.15) is 44.7 Å². The number of carbonyl (C=O) groups excluding carboxylic acids is 1. The predicted octanol–water partition coefficient (Wildman–Crippen LogP) is 12.3. The molecule has 8 aromatic rings. The normalized spacial score (nSPS) is 11.5. The van der Waals surface area contributed by atoms with Crippen LogP contribution in [0.15, 0.2) is 122 Å². The Kier molecular flexibility index (Phi) is 14.4. The van der Waals surface area contributed by atoms with Crippen LogP contribution < -0.4 is 25.4 Å². The van der Waals surface area contributed by atoms with Crippen molar-refractivity contribution >= 4 is 34.5 Å². The third-order valence-electron chi connectivity index (χ3n) is 10.4. The van der Waals surface area contributed by atoms with E-state index in [1.807, 2.05) is 6.07 Å². The molecule has 4 N–H and O–H groups in total. The van der Waals surface area contributed by atoms with E-state index in [9.17, 15) is 49.8 Å². The van der Waals surface area contributed by atoms with Crippen molar-refractivity contribution in [2.45, 2.75) is 39.0 Å². The van der Waals surface area contributed by atoms with Crippen molar-refractivity contribution in [1.82, 2.24) is 24.1 Å². The fourth-order valence-electron chi connectivity index (χ4n) is 7.21. The van der Waals surface area contributed by atoms with Gasteiger partial charge in [0.15, 0.2) is 11.3 Å². The van der Waals surface area contributed by atoms with E-state index in [4.69, 9.17) is 9.47 Å². The van der Waals surface area contributed by atoms with Crippen molar-refractivity contribution in [1.29, 1.82) is 0 Å². The molecular formula is C49H41F8N7O5. The van der Waals surface area contributed by atoms with E-state index in [1.54, 1.807) is 84.7 Å². The van der Waals surface area contributed by atoms with Gasteiger partial charge in [-0.15, -0.1) is 0 Å². The number of nitrogens with zero attached hydrogens (tertiary/aromatic N) is 4. The zero-order valence-corrected chi connectivity index (χ0v) is 36.8. The number of anilines is 2. The maximum Gasteiger partial charge on any atom is 0.390 e. The van der Waals surface area contributed by atoms with Gasteiger partial charge in [-0.1, -0.05) is 24.3 Å². The molecule has 0 fully saturated rings. The highest BCUT2D eigenvalue weighted by Gasteiger charge is 2.28. The molecule has 4 aromatic carbocycles. The fraction of sp³-hybridized carbons (Fsp3) is 0.184. The van der Waals surface area contributed by atoms with Crippen LogP contribution in [0.3, 0.4) is 0 Å². The van der Waals surface area contributed by atoms with Gasteiger partial charge in [0.05, 0.1) is 66.0 Å². The Morgan fingerprint density at radius 3 is 1.42 bits per heavy atom. The summed E-state index contributed by atoms with van der Waals surface area (Å²) in [6.45, 7) is 2.74. The highest BCUT2D eigenvalue weighted by molar-refractivity contribution is 5.96. The summed E-state index contributed by atoms with van der Waals surface area (Å²) in [4.78, 5) is 32.1. The van der Waals surface area contributed by atoms with Crippen molar-refractivity contribution in [3.8, 4) is 45.5 Å². The molecular weight excluding hydrogens is 919 g/mol. The Labute approximate surface area is 388 Å². The molecule has 0 spiro atoms. The zero-order valence-electron chi connectivity index (χ0n) is 36.8. The number of halogens is 8. The second-order valence-corrected chi connectivity index (χ2v) is 15.5. The molecule has 1 amide bonds. The molecule has 8 rings (SSSR count). The number of carbonyl (C=O) groups is 2. The molecule has 20 heteroatoms. The lowest BCUT2D eigenvalue weighted by atomic mass is 10.0. The number of aromatic nitrogens is 4. The smallest absolute Gasteiger partial charge is 0.390 e. The van der Waals surface area contributed by atoms with Gasteiger partial charge in [0.2, 0.25) is 0 Å². The van der Waals surface area contributed by atoms with Crippen LogP contribution >= 0.6 is 0 Å². The van der Waals surface area contributed by atoms with Crippen LogP contribution in [0, 0.1) is 25.5 Å². The predicted molar refractivity (Wildman–Crippen MR) is 242 cm³/mol. The number of rotatable bonds is 14. The standard InChI is InChI=1S/C25H22F4N4O2.C24H19F4N3O3/c1-15-10-16(6-7-20(15)24(34)30-2)22-13-32-23-21(31-9-8-25(27,28)29)12-19(14-33(22)23)35-18-5-3-4-17(26)11-18;1-14-9-15(5-6-19(14)23(32)33)21-12-30-22-20(29-8-7-24(26,27)28)11-18(13-31(21)22)34-17-4-2-3-16(25)10-17/h3-7,10-14,31H,8-9H2,1-2H3,(H,30,34);2-6,9-13,29H,7-8H2,1H3,(H,32,33). The van der Waals surface area contributed by atoms with Gasteiger partial charge < -0.3 is 30.5 Å². The maximum absolute atomic E-state index is 13.6. The topological polar surface area (TPSA) is 144 Å². The van der Waals surface area contributed by atoms with E-state index in [2.05, 4.69) is 25.9 Å². The van der Waals surface area contributed by atoms with Gasteiger partial charge >= 0.3 is 18.3 Å². The highest BCUT2D eigenvalue weighted by atomic mass is 19.4. The number of hydrogen-bond acceptors (Lipinski definition) is 8. The minimum Gasteiger partial charge on any atom is -0.478 e. The van der Waals surface area contributed by atoms with E-state index >= 15 is 0 Å². The number of fused-ring (bicyclic) bond motifs is 2. The van der Waals surface area contributed by atoms with Gasteiger partial charge in [-0.3, -0.25) is 13.6 Å². The Morgan fingerprint density at radius 2 is 1.04 bits per heavy atom. The third-order valence-corrected chi connectivity index (χ3v) is 10.4. The van der Waals surface area contributed by atoms with Gasteiger partial charge in [0.1, 0.15) is 34.6 Å². The maximum atomic E-state index is 13.6. The summed E-state index contributed by atoms with van der Waals surface area (Å²) in [6.07, 6.45) is -4.39. The SMILES string of the molecule is CNC(=O)c1ccc(-c2cnc3c(NCCC(F)(F)F)cc(Oc4cccc(F)c4)cn23)cc1C.Cc1cc(-c2cnc3c(NCCC(F)(F)F)cc(Oc4cccc(F)c4)cn23)ccc1C(=O)O. The number of carboxylic acid groups (broad SMARTS) is 1. The summed E-state index contributed by atoms with van der Waals surface area (Å²) in [5.74, 6) is -1.29.